The first-order chi connectivity index (χ1) is 6.61. The van der Waals surface area contributed by atoms with Crippen LogP contribution in [0.5, 0.6) is 0 Å². The predicted octanol–water partition coefficient (Wildman–Crippen LogP) is 3.05. The SMILES string of the molecule is Cc1c(C(C)(C)C)cnn1CC(F)(F)F. The predicted molar refractivity (Wildman–Crippen MR) is 51.7 cm³/mol. The monoisotopic (exact) mass is 220 g/mol. The summed E-state index contributed by atoms with van der Waals surface area (Å²) < 4.78 is 37.5. The van der Waals surface area contributed by atoms with E-state index in [1.807, 2.05) is 20.8 Å². The van der Waals surface area contributed by atoms with Gasteiger partial charge in [0.2, 0.25) is 0 Å². The van der Waals surface area contributed by atoms with Gasteiger partial charge in [-0.25, -0.2) is 0 Å². The molecule has 1 aromatic heterocycles. The summed E-state index contributed by atoms with van der Waals surface area (Å²) in [4.78, 5) is 0. The summed E-state index contributed by atoms with van der Waals surface area (Å²) in [6, 6.07) is 0. The lowest BCUT2D eigenvalue weighted by atomic mass is 9.88. The van der Waals surface area contributed by atoms with Gasteiger partial charge < -0.3 is 0 Å². The highest BCUT2D eigenvalue weighted by atomic mass is 19.4. The number of alkyl halides is 3. The van der Waals surface area contributed by atoms with Gasteiger partial charge in [-0.15, -0.1) is 0 Å². The van der Waals surface area contributed by atoms with Crippen molar-refractivity contribution in [1.82, 2.24) is 9.78 Å². The van der Waals surface area contributed by atoms with Gasteiger partial charge in [-0.1, -0.05) is 20.8 Å². The summed E-state index contributed by atoms with van der Waals surface area (Å²) in [5.41, 5.74) is 1.26. The lowest BCUT2D eigenvalue weighted by Crippen LogP contribution is -2.20. The number of hydrogen-bond acceptors (Lipinski definition) is 1. The average Bonchev–Trinajstić information content (AvgIpc) is 2.27. The first kappa shape index (κ1) is 12.1. The molecule has 0 radical (unpaired) electrons. The Bertz CT molecular complexity index is 345. The summed E-state index contributed by atoms with van der Waals surface area (Å²) >= 11 is 0. The van der Waals surface area contributed by atoms with Crippen molar-refractivity contribution >= 4 is 0 Å². The highest BCUT2D eigenvalue weighted by Crippen LogP contribution is 2.26. The van der Waals surface area contributed by atoms with Gasteiger partial charge in [0.05, 0.1) is 6.20 Å². The van der Waals surface area contributed by atoms with Crippen molar-refractivity contribution in [3.8, 4) is 0 Å². The number of aromatic nitrogens is 2. The topological polar surface area (TPSA) is 17.8 Å². The van der Waals surface area contributed by atoms with Crippen molar-refractivity contribution in [1.29, 1.82) is 0 Å². The third kappa shape index (κ3) is 2.97. The molecule has 5 heteroatoms. The van der Waals surface area contributed by atoms with Crippen molar-refractivity contribution < 1.29 is 13.2 Å². The van der Waals surface area contributed by atoms with Gasteiger partial charge in [-0.3, -0.25) is 4.68 Å². The van der Waals surface area contributed by atoms with E-state index in [2.05, 4.69) is 5.10 Å². The zero-order valence-electron chi connectivity index (χ0n) is 9.31. The van der Waals surface area contributed by atoms with Gasteiger partial charge in [0, 0.05) is 5.69 Å². The molecule has 0 unspecified atom stereocenters. The number of nitrogens with zero attached hydrogens (tertiary/aromatic N) is 2. The van der Waals surface area contributed by atoms with Crippen molar-refractivity contribution in [2.24, 2.45) is 0 Å². The Morgan fingerprint density at radius 3 is 2.13 bits per heavy atom. The fourth-order valence-corrected chi connectivity index (χ4v) is 1.51. The molecule has 0 N–H and O–H groups in total. The fraction of sp³-hybridized carbons (Fsp3) is 0.700. The molecule has 1 heterocycles. The van der Waals surface area contributed by atoms with Crippen LogP contribution in [0, 0.1) is 6.92 Å². The van der Waals surface area contributed by atoms with E-state index >= 15 is 0 Å². The van der Waals surface area contributed by atoms with Crippen molar-refractivity contribution in [2.45, 2.75) is 45.8 Å². The van der Waals surface area contributed by atoms with E-state index in [0.29, 0.717) is 5.69 Å². The largest absolute Gasteiger partial charge is 0.408 e. The molecule has 0 aromatic carbocycles. The van der Waals surface area contributed by atoms with Crippen molar-refractivity contribution in [3.63, 3.8) is 0 Å². The zero-order valence-corrected chi connectivity index (χ0v) is 9.31. The lowest BCUT2D eigenvalue weighted by Gasteiger charge is -2.18. The van der Waals surface area contributed by atoms with Crippen LogP contribution in [0.25, 0.3) is 0 Å². The third-order valence-electron chi connectivity index (χ3n) is 2.24. The van der Waals surface area contributed by atoms with Crippen molar-refractivity contribution in [2.75, 3.05) is 0 Å². The second-order valence-corrected chi connectivity index (χ2v) is 4.67. The summed E-state index contributed by atoms with van der Waals surface area (Å²) in [7, 11) is 0. The van der Waals surface area contributed by atoms with Crippen LogP contribution in [0.15, 0.2) is 6.20 Å². The first-order valence-electron chi connectivity index (χ1n) is 4.71. The molecule has 1 aromatic rings. The van der Waals surface area contributed by atoms with Crippen LogP contribution in [0.3, 0.4) is 0 Å². The maximum atomic E-state index is 12.2. The molecule has 0 saturated carbocycles. The maximum absolute atomic E-state index is 12.2. The number of halogens is 3. The lowest BCUT2D eigenvalue weighted by molar-refractivity contribution is -0.142. The Morgan fingerprint density at radius 2 is 1.80 bits per heavy atom. The Morgan fingerprint density at radius 1 is 1.27 bits per heavy atom. The van der Waals surface area contributed by atoms with E-state index in [9.17, 15) is 13.2 Å². The highest BCUT2D eigenvalue weighted by molar-refractivity contribution is 5.24. The molecule has 0 aliphatic heterocycles. The highest BCUT2D eigenvalue weighted by Gasteiger charge is 2.30. The Balaban J connectivity index is 3.00. The van der Waals surface area contributed by atoms with Crippen LogP contribution < -0.4 is 0 Å². The molecule has 86 valence electrons. The van der Waals surface area contributed by atoms with Crippen LogP contribution in [-0.2, 0) is 12.0 Å². The van der Waals surface area contributed by atoms with E-state index in [-0.39, 0.29) is 5.41 Å². The molecule has 0 amide bonds. The molecule has 0 aliphatic rings. The minimum absolute atomic E-state index is 0.173. The quantitative estimate of drug-likeness (QED) is 0.711. The second-order valence-electron chi connectivity index (χ2n) is 4.67. The minimum Gasteiger partial charge on any atom is -0.260 e. The molecule has 0 bridgehead atoms. The normalized spacial score (nSPS) is 13.3. The number of rotatable bonds is 1. The molecular formula is C10H15F3N2. The Labute approximate surface area is 87.1 Å². The van der Waals surface area contributed by atoms with Gasteiger partial charge in [-0.2, -0.15) is 18.3 Å². The van der Waals surface area contributed by atoms with Gasteiger partial charge in [-0.05, 0) is 17.9 Å². The minimum atomic E-state index is -4.22. The van der Waals surface area contributed by atoms with Gasteiger partial charge >= 0.3 is 6.18 Å². The Hall–Kier alpha value is -1.00. The van der Waals surface area contributed by atoms with E-state index < -0.39 is 12.7 Å². The smallest absolute Gasteiger partial charge is 0.260 e. The zero-order chi connectivity index (χ0) is 11.9. The van der Waals surface area contributed by atoms with Crippen LogP contribution in [0.2, 0.25) is 0 Å². The van der Waals surface area contributed by atoms with Gasteiger partial charge in [0.15, 0.2) is 0 Å². The third-order valence-corrected chi connectivity index (χ3v) is 2.24. The molecule has 0 spiro atoms. The summed E-state index contributed by atoms with van der Waals surface area (Å²) in [5.74, 6) is 0. The van der Waals surface area contributed by atoms with Crippen LogP contribution in [0.1, 0.15) is 32.0 Å². The van der Waals surface area contributed by atoms with Crippen LogP contribution >= 0.6 is 0 Å². The molecule has 0 saturated heterocycles. The summed E-state index contributed by atoms with van der Waals surface area (Å²) in [6.45, 7) is 6.51. The van der Waals surface area contributed by atoms with E-state index in [1.54, 1.807) is 6.92 Å². The molecular weight excluding hydrogens is 205 g/mol. The van der Waals surface area contributed by atoms with Gasteiger partial charge in [0.25, 0.3) is 0 Å². The van der Waals surface area contributed by atoms with E-state index in [0.717, 1.165) is 10.2 Å². The molecule has 0 fully saturated rings. The summed E-state index contributed by atoms with van der Waals surface area (Å²) in [6.07, 6.45) is -2.70. The first-order valence-corrected chi connectivity index (χ1v) is 4.71. The van der Waals surface area contributed by atoms with Crippen molar-refractivity contribution in [3.05, 3.63) is 17.5 Å². The average molecular weight is 220 g/mol. The van der Waals surface area contributed by atoms with Crippen LogP contribution in [-0.4, -0.2) is 16.0 Å². The van der Waals surface area contributed by atoms with E-state index in [1.165, 1.54) is 6.20 Å². The standard InChI is InChI=1S/C10H15F3N2/c1-7-8(9(2,3)4)5-14-15(7)6-10(11,12)13/h5H,6H2,1-4H3. The molecule has 0 atom stereocenters. The Kier molecular flexibility index (Phi) is 2.85. The summed E-state index contributed by atoms with van der Waals surface area (Å²) in [5, 5.41) is 3.76. The maximum Gasteiger partial charge on any atom is 0.408 e. The molecule has 15 heavy (non-hydrogen) atoms. The molecule has 0 aliphatic carbocycles. The van der Waals surface area contributed by atoms with Gasteiger partial charge in [0.1, 0.15) is 6.54 Å². The fourth-order valence-electron chi connectivity index (χ4n) is 1.51. The molecule has 2 nitrogen and oxygen atoms in total. The van der Waals surface area contributed by atoms with E-state index in [4.69, 9.17) is 0 Å². The molecule has 1 rings (SSSR count). The van der Waals surface area contributed by atoms with Crippen LogP contribution in [0.4, 0.5) is 13.2 Å². The second kappa shape index (κ2) is 3.54. The number of hydrogen-bond donors (Lipinski definition) is 0.